The summed E-state index contributed by atoms with van der Waals surface area (Å²) in [7, 11) is 1.78. The van der Waals surface area contributed by atoms with Crippen LogP contribution in [0.2, 0.25) is 0 Å². The summed E-state index contributed by atoms with van der Waals surface area (Å²) in [5, 5.41) is 1.79. The molecule has 0 amide bonds. The van der Waals surface area contributed by atoms with Crippen LogP contribution in [-0.2, 0) is 0 Å². The fourth-order valence-corrected chi connectivity index (χ4v) is 1.43. The molecule has 1 aromatic rings. The topological polar surface area (TPSA) is 44.3 Å². The molecule has 0 bridgehead atoms. The molecule has 0 saturated carbocycles. The molecular weight excluding hydrogens is 197 g/mol. The van der Waals surface area contributed by atoms with Crippen LogP contribution in [0, 0.1) is 0 Å². The highest BCUT2D eigenvalue weighted by molar-refractivity contribution is 5.20. The van der Waals surface area contributed by atoms with Crippen molar-refractivity contribution in [3.05, 3.63) is 18.5 Å². The van der Waals surface area contributed by atoms with Crippen LogP contribution >= 0.6 is 0 Å². The summed E-state index contributed by atoms with van der Waals surface area (Å²) in [6.07, 6.45) is 2.37. The van der Waals surface area contributed by atoms with Gasteiger partial charge >= 0.3 is 0 Å². The maximum absolute atomic E-state index is 13.3. The number of piperazine rings is 1. The second kappa shape index (κ2) is 4.50. The Labute approximate surface area is 87.9 Å². The normalized spacial score (nSPS) is 24.0. The number of halogens is 1. The van der Waals surface area contributed by atoms with Crippen LogP contribution in [0.25, 0.3) is 0 Å². The van der Waals surface area contributed by atoms with Crippen LogP contribution in [0.4, 0.5) is 10.3 Å². The predicted octanol–water partition coefficient (Wildman–Crippen LogP) is 0.346. The molecule has 82 valence electrons. The molecule has 1 aromatic heterocycles. The molecule has 1 saturated heterocycles. The molecule has 15 heavy (non-hydrogen) atoms. The Balaban J connectivity index is 1.91. The van der Waals surface area contributed by atoms with E-state index in [1.165, 1.54) is 0 Å². The highest BCUT2D eigenvalue weighted by atomic mass is 19.1. The van der Waals surface area contributed by atoms with Gasteiger partial charge < -0.3 is 0 Å². The number of nitrogens with one attached hydrogen (secondary N) is 1. The predicted molar refractivity (Wildman–Crippen MR) is 54.8 cm³/mol. The van der Waals surface area contributed by atoms with Gasteiger partial charge in [0, 0.05) is 25.5 Å². The van der Waals surface area contributed by atoms with E-state index in [1.807, 2.05) is 0 Å². The minimum absolute atomic E-state index is 0.328. The first-order chi connectivity index (χ1) is 7.25. The molecular formula is C9H14FN5. The van der Waals surface area contributed by atoms with E-state index in [1.54, 1.807) is 35.4 Å². The fourth-order valence-electron chi connectivity index (χ4n) is 1.43. The Kier molecular flexibility index (Phi) is 3.08. The van der Waals surface area contributed by atoms with E-state index in [-0.39, 0.29) is 0 Å². The number of hydrogen-bond donors (Lipinski definition) is 1. The molecule has 2 heterocycles. The number of rotatable bonds is 2. The monoisotopic (exact) mass is 211 g/mol. The van der Waals surface area contributed by atoms with Gasteiger partial charge in [0.05, 0.1) is 6.54 Å². The molecule has 1 unspecified atom stereocenters. The van der Waals surface area contributed by atoms with Gasteiger partial charge in [-0.05, 0) is 13.1 Å². The Morgan fingerprint density at radius 3 is 2.80 bits per heavy atom. The van der Waals surface area contributed by atoms with E-state index in [2.05, 4.69) is 15.4 Å². The highest BCUT2D eigenvalue weighted by Gasteiger charge is 2.23. The average Bonchev–Trinajstić information content (AvgIpc) is 2.25. The van der Waals surface area contributed by atoms with Crippen molar-refractivity contribution < 1.29 is 4.39 Å². The van der Waals surface area contributed by atoms with Crippen molar-refractivity contribution in [2.75, 3.05) is 32.1 Å². The fraction of sp³-hybridized carbons (Fsp3) is 0.556. The van der Waals surface area contributed by atoms with Gasteiger partial charge in [-0.3, -0.25) is 10.3 Å². The third kappa shape index (κ3) is 2.60. The minimum atomic E-state index is -0.935. The van der Waals surface area contributed by atoms with Crippen molar-refractivity contribution in [3.8, 4) is 0 Å². The van der Waals surface area contributed by atoms with Crippen LogP contribution < -0.4 is 5.43 Å². The van der Waals surface area contributed by atoms with Crippen molar-refractivity contribution in [1.82, 2.24) is 19.9 Å². The summed E-state index contributed by atoms with van der Waals surface area (Å²) in [6.45, 7) is 1.78. The largest absolute Gasteiger partial charge is 0.287 e. The van der Waals surface area contributed by atoms with Gasteiger partial charge in [-0.25, -0.2) is 19.4 Å². The smallest absolute Gasteiger partial charge is 0.237 e. The van der Waals surface area contributed by atoms with Crippen molar-refractivity contribution in [3.63, 3.8) is 0 Å². The summed E-state index contributed by atoms with van der Waals surface area (Å²) in [5.74, 6) is 0.509. The Morgan fingerprint density at radius 1 is 1.40 bits per heavy atom. The third-order valence-corrected chi connectivity index (χ3v) is 2.40. The standard InChI is InChI=1S/C9H14FN5/c1-14-5-6-15(7-8(14)10)13-9-11-3-2-4-12-9/h2-4,8H,5-7H2,1H3,(H,11,12,13). The van der Waals surface area contributed by atoms with E-state index in [4.69, 9.17) is 0 Å². The first-order valence-electron chi connectivity index (χ1n) is 4.88. The number of alkyl halides is 1. The Bertz CT molecular complexity index is 307. The number of anilines is 1. The van der Waals surface area contributed by atoms with Gasteiger partial charge in [-0.2, -0.15) is 0 Å². The quantitative estimate of drug-likeness (QED) is 0.715. The highest BCUT2D eigenvalue weighted by Crippen LogP contribution is 2.08. The zero-order valence-electron chi connectivity index (χ0n) is 8.60. The zero-order valence-corrected chi connectivity index (χ0v) is 8.60. The van der Waals surface area contributed by atoms with Crippen molar-refractivity contribution >= 4 is 5.95 Å². The van der Waals surface area contributed by atoms with Crippen LogP contribution in [0.15, 0.2) is 18.5 Å². The Hall–Kier alpha value is -1.27. The second-order valence-electron chi connectivity index (χ2n) is 3.55. The van der Waals surface area contributed by atoms with Crippen molar-refractivity contribution in [2.45, 2.75) is 6.30 Å². The zero-order chi connectivity index (χ0) is 10.7. The van der Waals surface area contributed by atoms with E-state index in [9.17, 15) is 4.39 Å². The molecule has 1 fully saturated rings. The maximum Gasteiger partial charge on any atom is 0.237 e. The second-order valence-corrected chi connectivity index (χ2v) is 3.55. The van der Waals surface area contributed by atoms with E-state index >= 15 is 0 Å². The van der Waals surface area contributed by atoms with Gasteiger partial charge in [0.1, 0.15) is 0 Å². The van der Waals surface area contributed by atoms with Gasteiger partial charge in [-0.1, -0.05) is 0 Å². The molecule has 1 N–H and O–H groups in total. The molecule has 1 atom stereocenters. The van der Waals surface area contributed by atoms with Crippen LogP contribution in [0.5, 0.6) is 0 Å². The van der Waals surface area contributed by atoms with Gasteiger partial charge in [0.2, 0.25) is 5.95 Å². The molecule has 0 aromatic carbocycles. The Morgan fingerprint density at radius 2 is 2.13 bits per heavy atom. The van der Waals surface area contributed by atoms with Crippen LogP contribution in [-0.4, -0.2) is 52.9 Å². The molecule has 0 aliphatic carbocycles. The number of nitrogens with zero attached hydrogens (tertiary/aromatic N) is 4. The molecule has 0 radical (unpaired) electrons. The van der Waals surface area contributed by atoms with Crippen LogP contribution in [0.3, 0.4) is 0 Å². The van der Waals surface area contributed by atoms with Gasteiger partial charge in [0.15, 0.2) is 6.30 Å². The van der Waals surface area contributed by atoms with Crippen LogP contribution in [0.1, 0.15) is 0 Å². The minimum Gasteiger partial charge on any atom is -0.287 e. The first kappa shape index (κ1) is 10.3. The summed E-state index contributed by atoms with van der Waals surface area (Å²) >= 11 is 0. The van der Waals surface area contributed by atoms with Crippen molar-refractivity contribution in [1.29, 1.82) is 0 Å². The van der Waals surface area contributed by atoms with Crippen molar-refractivity contribution in [2.24, 2.45) is 0 Å². The van der Waals surface area contributed by atoms with E-state index in [0.717, 1.165) is 6.54 Å². The SMILES string of the molecule is CN1CCN(Nc2ncccn2)CC1F. The number of hydrazine groups is 1. The molecule has 0 spiro atoms. The lowest BCUT2D eigenvalue weighted by Crippen LogP contribution is -2.51. The number of likely N-dealkylation sites (N-methyl/N-ethyl adjacent to an activating group) is 1. The first-order valence-corrected chi connectivity index (χ1v) is 4.88. The number of hydrogen-bond acceptors (Lipinski definition) is 5. The summed E-state index contributed by atoms with van der Waals surface area (Å²) in [5.41, 5.74) is 2.98. The summed E-state index contributed by atoms with van der Waals surface area (Å²) in [4.78, 5) is 9.72. The molecule has 5 nitrogen and oxygen atoms in total. The third-order valence-electron chi connectivity index (χ3n) is 2.40. The summed E-state index contributed by atoms with van der Waals surface area (Å²) < 4.78 is 13.3. The lowest BCUT2D eigenvalue weighted by molar-refractivity contribution is 0.0284. The van der Waals surface area contributed by atoms with Gasteiger partial charge in [0.25, 0.3) is 0 Å². The number of aromatic nitrogens is 2. The van der Waals surface area contributed by atoms with E-state index < -0.39 is 6.30 Å². The molecule has 1 aliphatic heterocycles. The van der Waals surface area contributed by atoms with E-state index in [0.29, 0.717) is 19.0 Å². The van der Waals surface area contributed by atoms with Gasteiger partial charge in [-0.15, -0.1) is 0 Å². The molecule has 1 aliphatic rings. The molecule has 6 heteroatoms. The molecule has 2 rings (SSSR count). The maximum atomic E-state index is 13.3. The summed E-state index contributed by atoms with van der Waals surface area (Å²) in [6, 6.07) is 1.74. The lowest BCUT2D eigenvalue weighted by Gasteiger charge is -2.34. The lowest BCUT2D eigenvalue weighted by atomic mass is 10.4. The average molecular weight is 211 g/mol.